The van der Waals surface area contributed by atoms with E-state index in [9.17, 15) is 9.59 Å². The fraction of sp³-hybridized carbons (Fsp3) is 0.273. The SMILES string of the molecule is COc1cccc([C@@H]2S[C@@H](C)C(=O)N2c2c(C)n(C)n(-c3ccccc3)c2=O)c1. The summed E-state index contributed by atoms with van der Waals surface area (Å²) >= 11 is 1.54. The van der Waals surface area contributed by atoms with E-state index in [-0.39, 0.29) is 22.1 Å². The second-order valence-corrected chi connectivity index (χ2v) is 8.45. The number of anilines is 1. The smallest absolute Gasteiger partial charge is 0.295 e. The lowest BCUT2D eigenvalue weighted by molar-refractivity contribution is -0.117. The van der Waals surface area contributed by atoms with Gasteiger partial charge in [0.15, 0.2) is 0 Å². The van der Waals surface area contributed by atoms with Crippen LogP contribution >= 0.6 is 11.8 Å². The Morgan fingerprint density at radius 1 is 1.03 bits per heavy atom. The van der Waals surface area contributed by atoms with Gasteiger partial charge < -0.3 is 4.74 Å². The van der Waals surface area contributed by atoms with Crippen LogP contribution in [0.2, 0.25) is 0 Å². The molecule has 0 spiro atoms. The molecule has 0 N–H and O–H groups in total. The van der Waals surface area contributed by atoms with Crippen molar-refractivity contribution in [3.05, 3.63) is 76.2 Å². The molecular formula is C22H23N3O3S. The summed E-state index contributed by atoms with van der Waals surface area (Å²) in [5.74, 6) is 0.662. The van der Waals surface area contributed by atoms with Crippen LogP contribution in [0.5, 0.6) is 5.75 Å². The van der Waals surface area contributed by atoms with Crippen LogP contribution in [-0.2, 0) is 11.8 Å². The number of nitrogens with zero attached hydrogens (tertiary/aromatic N) is 3. The highest BCUT2D eigenvalue weighted by atomic mass is 32.2. The van der Waals surface area contributed by atoms with E-state index in [0.717, 1.165) is 22.7 Å². The Bertz CT molecular complexity index is 1120. The highest BCUT2D eigenvalue weighted by molar-refractivity contribution is 8.01. The van der Waals surface area contributed by atoms with Crippen LogP contribution in [-0.4, -0.2) is 27.6 Å². The quantitative estimate of drug-likeness (QED) is 0.660. The third kappa shape index (κ3) is 3.15. The van der Waals surface area contributed by atoms with Gasteiger partial charge in [0.1, 0.15) is 16.8 Å². The van der Waals surface area contributed by atoms with E-state index in [4.69, 9.17) is 4.74 Å². The van der Waals surface area contributed by atoms with Gasteiger partial charge in [-0.1, -0.05) is 30.3 Å². The topological polar surface area (TPSA) is 56.5 Å². The predicted octanol–water partition coefficient (Wildman–Crippen LogP) is 3.66. The second-order valence-electron chi connectivity index (χ2n) is 7.03. The molecule has 1 amide bonds. The number of hydrogen-bond donors (Lipinski definition) is 0. The number of amides is 1. The molecule has 1 aliphatic heterocycles. The van der Waals surface area contributed by atoms with E-state index in [1.807, 2.05) is 75.5 Å². The molecule has 1 aromatic heterocycles. The van der Waals surface area contributed by atoms with Crippen molar-refractivity contribution < 1.29 is 9.53 Å². The number of thioether (sulfide) groups is 1. The lowest BCUT2D eigenvalue weighted by atomic mass is 10.1. The maximum Gasteiger partial charge on any atom is 0.295 e. The van der Waals surface area contributed by atoms with Crippen molar-refractivity contribution in [3.63, 3.8) is 0 Å². The lowest BCUT2D eigenvalue weighted by Gasteiger charge is -2.23. The van der Waals surface area contributed by atoms with Crippen LogP contribution in [0.4, 0.5) is 5.69 Å². The summed E-state index contributed by atoms with van der Waals surface area (Å²) in [7, 11) is 3.46. The van der Waals surface area contributed by atoms with E-state index in [2.05, 4.69) is 0 Å². The second kappa shape index (κ2) is 7.48. The summed E-state index contributed by atoms with van der Waals surface area (Å²) < 4.78 is 8.76. The first kappa shape index (κ1) is 19.4. The molecule has 3 aromatic rings. The van der Waals surface area contributed by atoms with Crippen molar-refractivity contribution in [1.29, 1.82) is 0 Å². The molecule has 0 radical (unpaired) electrons. The average Bonchev–Trinajstić information content (AvgIpc) is 3.15. The molecule has 2 heterocycles. The summed E-state index contributed by atoms with van der Waals surface area (Å²) in [5, 5.41) is -0.527. The van der Waals surface area contributed by atoms with Gasteiger partial charge in [0, 0.05) is 7.05 Å². The van der Waals surface area contributed by atoms with Gasteiger partial charge in [-0.2, -0.15) is 0 Å². The Labute approximate surface area is 173 Å². The maximum atomic E-state index is 13.5. The molecule has 150 valence electrons. The number of methoxy groups -OCH3 is 1. The van der Waals surface area contributed by atoms with Gasteiger partial charge in [-0.3, -0.25) is 19.2 Å². The van der Waals surface area contributed by atoms with Gasteiger partial charge in [0.25, 0.3) is 5.56 Å². The van der Waals surface area contributed by atoms with Crippen molar-refractivity contribution in [1.82, 2.24) is 9.36 Å². The Balaban J connectivity index is 1.88. The van der Waals surface area contributed by atoms with Crippen molar-refractivity contribution in [2.45, 2.75) is 24.5 Å². The van der Waals surface area contributed by atoms with E-state index in [1.165, 1.54) is 0 Å². The summed E-state index contributed by atoms with van der Waals surface area (Å²) in [6.07, 6.45) is 0. The number of para-hydroxylation sites is 1. The minimum atomic E-state index is -0.286. The van der Waals surface area contributed by atoms with E-state index >= 15 is 0 Å². The van der Waals surface area contributed by atoms with Gasteiger partial charge in [0.2, 0.25) is 5.91 Å². The minimum absolute atomic E-state index is 0.0613. The van der Waals surface area contributed by atoms with Gasteiger partial charge >= 0.3 is 0 Å². The van der Waals surface area contributed by atoms with E-state index < -0.39 is 0 Å². The van der Waals surface area contributed by atoms with Gasteiger partial charge in [0.05, 0.1) is 23.7 Å². The Hall–Kier alpha value is -2.93. The molecule has 2 aromatic carbocycles. The van der Waals surface area contributed by atoms with Crippen molar-refractivity contribution in [3.8, 4) is 11.4 Å². The summed E-state index contributed by atoms with van der Waals surface area (Å²) in [6.45, 7) is 3.76. The molecule has 1 aliphatic rings. The molecule has 29 heavy (non-hydrogen) atoms. The predicted molar refractivity (Wildman–Crippen MR) is 116 cm³/mol. The summed E-state index contributed by atoms with van der Waals surface area (Å²) in [4.78, 5) is 28.2. The largest absolute Gasteiger partial charge is 0.497 e. The Morgan fingerprint density at radius 2 is 1.76 bits per heavy atom. The molecule has 7 heteroatoms. The van der Waals surface area contributed by atoms with E-state index in [1.54, 1.807) is 33.1 Å². The first-order chi connectivity index (χ1) is 13.9. The van der Waals surface area contributed by atoms with Crippen LogP contribution in [0.15, 0.2) is 59.4 Å². The van der Waals surface area contributed by atoms with Gasteiger partial charge in [-0.05, 0) is 43.7 Å². The first-order valence-corrected chi connectivity index (χ1v) is 10.3. The van der Waals surface area contributed by atoms with E-state index in [0.29, 0.717) is 5.69 Å². The normalized spacial score (nSPS) is 19.0. The van der Waals surface area contributed by atoms with Crippen LogP contribution in [0.1, 0.15) is 23.6 Å². The fourth-order valence-corrected chi connectivity index (χ4v) is 4.96. The average molecular weight is 410 g/mol. The van der Waals surface area contributed by atoms with Crippen LogP contribution in [0, 0.1) is 6.92 Å². The number of benzene rings is 2. The standard InChI is InChI=1S/C22H23N3O3S/c1-14-19(21(27)25(23(14)3)17-10-6-5-7-11-17)24-20(26)15(2)29-22(24)16-9-8-12-18(13-16)28-4/h5-13,15,22H,1-4H3/t15-,22-/m0/s1. The third-order valence-corrected chi connectivity index (χ3v) is 6.65. The molecule has 6 nitrogen and oxygen atoms in total. The molecule has 4 rings (SSSR count). The fourth-order valence-electron chi connectivity index (χ4n) is 3.71. The van der Waals surface area contributed by atoms with Crippen molar-refractivity contribution in [2.75, 3.05) is 12.0 Å². The summed E-state index contributed by atoms with van der Waals surface area (Å²) in [5.41, 5.74) is 2.66. The maximum absolute atomic E-state index is 13.5. The highest BCUT2D eigenvalue weighted by Gasteiger charge is 2.42. The molecule has 1 fully saturated rings. The summed E-state index contributed by atoms with van der Waals surface area (Å²) in [6, 6.07) is 17.1. The lowest BCUT2D eigenvalue weighted by Crippen LogP contribution is -2.34. The van der Waals surface area contributed by atoms with Gasteiger partial charge in [-0.15, -0.1) is 11.8 Å². The first-order valence-electron chi connectivity index (χ1n) is 9.40. The number of aromatic nitrogens is 2. The van der Waals surface area contributed by atoms with Crippen LogP contribution in [0.25, 0.3) is 5.69 Å². The van der Waals surface area contributed by atoms with Crippen molar-refractivity contribution >= 4 is 23.4 Å². The zero-order valence-electron chi connectivity index (χ0n) is 16.8. The number of hydrogen-bond acceptors (Lipinski definition) is 4. The number of rotatable bonds is 4. The molecule has 0 aliphatic carbocycles. The number of carbonyl (C=O) groups excluding carboxylic acids is 1. The van der Waals surface area contributed by atoms with Gasteiger partial charge in [-0.25, -0.2) is 4.68 Å². The monoisotopic (exact) mass is 409 g/mol. The minimum Gasteiger partial charge on any atom is -0.497 e. The molecule has 0 bridgehead atoms. The van der Waals surface area contributed by atoms with Crippen LogP contribution < -0.4 is 15.2 Å². The Kier molecular flexibility index (Phi) is 5.00. The van der Waals surface area contributed by atoms with Crippen LogP contribution in [0.3, 0.4) is 0 Å². The molecule has 1 saturated heterocycles. The Morgan fingerprint density at radius 3 is 2.45 bits per heavy atom. The zero-order chi connectivity index (χ0) is 20.7. The molecule has 0 saturated carbocycles. The highest BCUT2D eigenvalue weighted by Crippen LogP contribution is 2.46. The number of ether oxygens (including phenoxy) is 1. The zero-order valence-corrected chi connectivity index (χ0v) is 17.6. The van der Waals surface area contributed by atoms with Crippen molar-refractivity contribution in [2.24, 2.45) is 7.05 Å². The molecule has 2 atom stereocenters. The molecule has 0 unspecified atom stereocenters. The third-order valence-electron chi connectivity index (χ3n) is 5.30. The molecular weight excluding hydrogens is 386 g/mol. The number of carbonyl (C=O) groups is 1.